The van der Waals surface area contributed by atoms with Crippen molar-refractivity contribution in [2.45, 2.75) is 50.6 Å². The highest BCUT2D eigenvalue weighted by molar-refractivity contribution is 7.91. The molecule has 2 heterocycles. The number of carbonyl (C=O) groups is 1. The highest BCUT2D eigenvalue weighted by atomic mass is 32.2. The van der Waals surface area contributed by atoms with Crippen molar-refractivity contribution in [2.24, 2.45) is 0 Å². The third-order valence-electron chi connectivity index (χ3n) is 4.76. The average Bonchev–Trinajstić information content (AvgIpc) is 2.77. The van der Waals surface area contributed by atoms with E-state index >= 15 is 0 Å². The van der Waals surface area contributed by atoms with Crippen LogP contribution >= 0.6 is 0 Å². The van der Waals surface area contributed by atoms with E-state index in [0.29, 0.717) is 18.9 Å². The minimum absolute atomic E-state index is 0.0890. The molecule has 0 saturated carbocycles. The number of amides is 1. The third kappa shape index (κ3) is 3.95. The molecule has 0 aromatic rings. The molecule has 2 aliphatic rings. The molecule has 1 amide bonds. The van der Waals surface area contributed by atoms with E-state index in [0.717, 1.165) is 13.0 Å². The number of hydrogen-bond acceptors (Lipinski definition) is 4. The van der Waals surface area contributed by atoms with Crippen molar-refractivity contribution in [1.29, 1.82) is 0 Å². The summed E-state index contributed by atoms with van der Waals surface area (Å²) in [7, 11) is 0.955. The first kappa shape index (κ1) is 15.8. The Morgan fingerprint density at radius 3 is 2.65 bits per heavy atom. The molecule has 0 spiro atoms. The summed E-state index contributed by atoms with van der Waals surface area (Å²) in [4.78, 5) is 16.2. The number of sulfone groups is 1. The van der Waals surface area contributed by atoms with E-state index in [2.05, 4.69) is 11.9 Å². The van der Waals surface area contributed by atoms with Gasteiger partial charge in [-0.2, -0.15) is 0 Å². The topological polar surface area (TPSA) is 57.7 Å². The molecule has 0 aliphatic carbocycles. The zero-order chi connectivity index (χ0) is 14.8. The second-order valence-corrected chi connectivity index (χ2v) is 8.46. The molecule has 0 bridgehead atoms. The van der Waals surface area contributed by atoms with Crippen molar-refractivity contribution in [3.63, 3.8) is 0 Å². The van der Waals surface area contributed by atoms with E-state index in [1.807, 2.05) is 0 Å². The Bertz CT molecular complexity index is 449. The molecule has 2 saturated heterocycles. The van der Waals surface area contributed by atoms with Gasteiger partial charge in [-0.25, -0.2) is 8.42 Å². The van der Waals surface area contributed by atoms with Crippen molar-refractivity contribution in [1.82, 2.24) is 9.80 Å². The molecule has 116 valence electrons. The number of carbonyl (C=O) groups excluding carboxylic acids is 1. The fraction of sp³-hybridized carbons (Fsp3) is 0.929. The highest BCUT2D eigenvalue weighted by Crippen LogP contribution is 2.21. The van der Waals surface area contributed by atoms with Gasteiger partial charge in [-0.3, -0.25) is 4.79 Å². The van der Waals surface area contributed by atoms with Crippen molar-refractivity contribution < 1.29 is 13.2 Å². The van der Waals surface area contributed by atoms with Gasteiger partial charge in [0.1, 0.15) is 0 Å². The molecule has 0 radical (unpaired) electrons. The molecule has 6 heteroatoms. The molecule has 20 heavy (non-hydrogen) atoms. The first-order valence-corrected chi connectivity index (χ1v) is 9.37. The van der Waals surface area contributed by atoms with E-state index in [-0.39, 0.29) is 23.5 Å². The molecular formula is C14H26N2O3S. The minimum atomic E-state index is -2.92. The quantitative estimate of drug-likeness (QED) is 0.774. The average molecular weight is 302 g/mol. The number of piperidine rings is 1. The van der Waals surface area contributed by atoms with E-state index in [9.17, 15) is 13.2 Å². The van der Waals surface area contributed by atoms with Gasteiger partial charge in [0.25, 0.3) is 0 Å². The summed E-state index contributed by atoms with van der Waals surface area (Å²) in [6.45, 7) is 1.12. The van der Waals surface area contributed by atoms with E-state index in [1.54, 1.807) is 11.9 Å². The van der Waals surface area contributed by atoms with E-state index < -0.39 is 9.84 Å². The van der Waals surface area contributed by atoms with Gasteiger partial charge < -0.3 is 9.80 Å². The zero-order valence-electron chi connectivity index (χ0n) is 12.5. The fourth-order valence-electron chi connectivity index (χ4n) is 3.26. The molecular weight excluding hydrogens is 276 g/mol. The summed E-state index contributed by atoms with van der Waals surface area (Å²) in [5.74, 6) is 0.449. The van der Waals surface area contributed by atoms with Crippen LogP contribution in [-0.2, 0) is 14.6 Å². The number of likely N-dealkylation sites (tertiary alicyclic amines) is 1. The largest absolute Gasteiger partial charge is 0.342 e. The summed E-state index contributed by atoms with van der Waals surface area (Å²) in [6.07, 6.45) is 5.68. The lowest BCUT2D eigenvalue weighted by atomic mass is 9.98. The summed E-state index contributed by atoms with van der Waals surface area (Å²) >= 11 is 0. The van der Waals surface area contributed by atoms with Gasteiger partial charge in [-0.15, -0.1) is 0 Å². The predicted molar refractivity (Wildman–Crippen MR) is 79.3 cm³/mol. The Kier molecular flexibility index (Phi) is 5.07. The van der Waals surface area contributed by atoms with Crippen LogP contribution in [0.5, 0.6) is 0 Å². The SMILES string of the molecule is CN1CCCCC1CCC(=O)N(C)C1CCS(=O)(=O)C1. The number of hydrogen-bond donors (Lipinski definition) is 0. The van der Waals surface area contributed by atoms with Crippen LogP contribution in [0.2, 0.25) is 0 Å². The Morgan fingerprint density at radius 2 is 2.05 bits per heavy atom. The van der Waals surface area contributed by atoms with E-state index in [1.165, 1.54) is 19.3 Å². The van der Waals surface area contributed by atoms with Crippen LogP contribution in [0.4, 0.5) is 0 Å². The lowest BCUT2D eigenvalue weighted by molar-refractivity contribution is -0.131. The van der Waals surface area contributed by atoms with Crippen molar-refractivity contribution in [3.05, 3.63) is 0 Å². The van der Waals surface area contributed by atoms with Crippen LogP contribution in [-0.4, -0.2) is 68.4 Å². The summed E-state index contributed by atoms with van der Waals surface area (Å²) < 4.78 is 22.9. The third-order valence-corrected chi connectivity index (χ3v) is 6.51. The second-order valence-electron chi connectivity index (χ2n) is 6.23. The Labute approximate surface area is 122 Å². The lowest BCUT2D eigenvalue weighted by Gasteiger charge is -2.33. The highest BCUT2D eigenvalue weighted by Gasteiger charge is 2.32. The van der Waals surface area contributed by atoms with Gasteiger partial charge >= 0.3 is 0 Å². The van der Waals surface area contributed by atoms with Gasteiger partial charge in [0.15, 0.2) is 9.84 Å². The Balaban J connectivity index is 1.79. The summed E-state index contributed by atoms with van der Waals surface area (Å²) in [6, 6.07) is 0.394. The Morgan fingerprint density at radius 1 is 1.30 bits per heavy atom. The van der Waals surface area contributed by atoms with Gasteiger partial charge in [-0.1, -0.05) is 6.42 Å². The van der Waals surface area contributed by atoms with Crippen molar-refractivity contribution >= 4 is 15.7 Å². The molecule has 2 atom stereocenters. The number of rotatable bonds is 4. The molecule has 5 nitrogen and oxygen atoms in total. The minimum Gasteiger partial charge on any atom is -0.342 e. The molecule has 0 aromatic carbocycles. The Hall–Kier alpha value is -0.620. The van der Waals surface area contributed by atoms with Crippen LogP contribution in [0.1, 0.15) is 38.5 Å². The maximum atomic E-state index is 12.2. The van der Waals surface area contributed by atoms with Gasteiger partial charge in [0.2, 0.25) is 5.91 Å². The molecule has 2 aliphatic heterocycles. The van der Waals surface area contributed by atoms with Crippen LogP contribution < -0.4 is 0 Å². The predicted octanol–water partition coefficient (Wildman–Crippen LogP) is 0.896. The first-order chi connectivity index (χ1) is 9.39. The van der Waals surface area contributed by atoms with Crippen LogP contribution in [0.15, 0.2) is 0 Å². The molecule has 2 fully saturated rings. The lowest BCUT2D eigenvalue weighted by Crippen LogP contribution is -2.40. The fourth-order valence-corrected chi connectivity index (χ4v) is 5.03. The standard InChI is InChI=1S/C14H26N2O3S/c1-15-9-4-3-5-12(15)6-7-14(17)16(2)13-8-10-20(18,19)11-13/h12-13H,3-11H2,1-2H3. The van der Waals surface area contributed by atoms with Gasteiger partial charge in [0.05, 0.1) is 11.5 Å². The van der Waals surface area contributed by atoms with E-state index in [4.69, 9.17) is 0 Å². The molecule has 0 N–H and O–H groups in total. The molecule has 2 rings (SSSR count). The first-order valence-electron chi connectivity index (χ1n) is 7.55. The molecule has 0 aromatic heterocycles. The monoisotopic (exact) mass is 302 g/mol. The van der Waals surface area contributed by atoms with Gasteiger partial charge in [-0.05, 0) is 39.3 Å². The van der Waals surface area contributed by atoms with Crippen molar-refractivity contribution in [2.75, 3.05) is 32.1 Å². The van der Waals surface area contributed by atoms with Crippen molar-refractivity contribution in [3.8, 4) is 0 Å². The number of nitrogens with zero attached hydrogens (tertiary/aromatic N) is 2. The second kappa shape index (κ2) is 6.43. The van der Waals surface area contributed by atoms with Crippen LogP contribution in [0.25, 0.3) is 0 Å². The maximum absolute atomic E-state index is 12.2. The zero-order valence-corrected chi connectivity index (χ0v) is 13.4. The molecule has 2 unspecified atom stereocenters. The van der Waals surface area contributed by atoms with Gasteiger partial charge in [0, 0.05) is 25.6 Å². The maximum Gasteiger partial charge on any atom is 0.222 e. The van der Waals surface area contributed by atoms with Crippen LogP contribution in [0, 0.1) is 0 Å². The normalized spacial score (nSPS) is 30.3. The summed E-state index contributed by atoms with van der Waals surface area (Å²) in [5.41, 5.74) is 0. The smallest absolute Gasteiger partial charge is 0.222 e. The van der Waals surface area contributed by atoms with Crippen LogP contribution in [0.3, 0.4) is 0 Å². The summed E-state index contributed by atoms with van der Waals surface area (Å²) in [5, 5.41) is 0.